The largest absolute Gasteiger partial charge is 1.00 e. The molecule has 0 aromatic heterocycles. The third-order valence-electron chi connectivity index (χ3n) is 1.27. The Bertz CT molecular complexity index is 329. The van der Waals surface area contributed by atoms with Crippen LogP contribution in [0.1, 0.15) is 5.56 Å². The maximum absolute atomic E-state index is 11.1. The smallest absolute Gasteiger partial charge is 0.857 e. The van der Waals surface area contributed by atoms with Gasteiger partial charge in [0.25, 0.3) is 5.24 Å². The Morgan fingerprint density at radius 1 is 1.36 bits per heavy atom. The molecule has 0 unspecified atom stereocenters. The number of thiol groups is 1. The van der Waals surface area contributed by atoms with Crippen molar-refractivity contribution in [1.82, 2.24) is 5.43 Å². The number of amides is 1. The van der Waals surface area contributed by atoms with Crippen molar-refractivity contribution in [2.45, 2.75) is 0 Å². The Morgan fingerprint density at radius 2 is 1.93 bits per heavy atom. The van der Waals surface area contributed by atoms with E-state index in [-0.39, 0.29) is 51.4 Å². The van der Waals surface area contributed by atoms with E-state index in [1.165, 1.54) is 0 Å². The van der Waals surface area contributed by atoms with E-state index in [0.717, 1.165) is 0 Å². The summed E-state index contributed by atoms with van der Waals surface area (Å²) >= 11 is 3.39. The molecular weight excluding hydrogens is 227 g/mol. The Labute approximate surface area is 130 Å². The molecule has 0 atom stereocenters. The predicted molar refractivity (Wildman–Crippen MR) is 50.5 cm³/mol. The van der Waals surface area contributed by atoms with Crippen molar-refractivity contribution in [1.29, 1.82) is 0 Å². The summed E-state index contributed by atoms with van der Waals surface area (Å²) in [6.45, 7) is 0. The molecule has 1 aromatic rings. The van der Waals surface area contributed by atoms with E-state index in [9.17, 15) is 9.90 Å². The van der Waals surface area contributed by atoms with Gasteiger partial charge in [0, 0.05) is 5.90 Å². The predicted octanol–water partition coefficient (Wildman–Crippen LogP) is -2.65. The number of hydrogen-bond donors (Lipinski definition) is 2. The summed E-state index contributed by atoms with van der Waals surface area (Å²) in [7, 11) is 0. The van der Waals surface area contributed by atoms with Crippen LogP contribution < -0.4 is 61.9 Å². The van der Waals surface area contributed by atoms with Gasteiger partial charge in [-0.05, 0) is 5.56 Å². The molecule has 0 saturated carbocycles. The number of nitrogens with one attached hydrogen (secondary N) is 1. The van der Waals surface area contributed by atoms with Crippen LogP contribution in [0.2, 0.25) is 0 Å². The third-order valence-corrected chi connectivity index (χ3v) is 1.37. The van der Waals surface area contributed by atoms with Gasteiger partial charge in [0.2, 0.25) is 0 Å². The molecule has 6 heteroatoms. The molecule has 0 saturated heterocycles. The van der Waals surface area contributed by atoms with Gasteiger partial charge >= 0.3 is 51.4 Å². The average Bonchev–Trinajstić information content (AvgIpc) is 2.15. The molecule has 0 aliphatic rings. The minimum atomic E-state index is -0.663. The van der Waals surface area contributed by atoms with Gasteiger partial charge in [-0.1, -0.05) is 43.0 Å². The van der Waals surface area contributed by atoms with Gasteiger partial charge in [0.05, 0.1) is 0 Å². The van der Waals surface area contributed by atoms with E-state index >= 15 is 0 Å². The molecule has 0 radical (unpaired) electrons. The van der Waals surface area contributed by atoms with Gasteiger partial charge in [0.15, 0.2) is 0 Å². The summed E-state index contributed by atoms with van der Waals surface area (Å²) in [5.74, 6) is -0.497. The number of carbonyl (C=O) groups is 1. The molecule has 1 aromatic carbocycles. The third kappa shape index (κ3) is 5.13. The van der Waals surface area contributed by atoms with Gasteiger partial charge in [-0.2, -0.15) is 5.10 Å². The first-order valence-corrected chi connectivity index (χ1v) is 3.94. The summed E-state index contributed by atoms with van der Waals surface area (Å²) < 4.78 is 0. The van der Waals surface area contributed by atoms with Crippen molar-refractivity contribution >= 4 is 23.8 Å². The van der Waals surface area contributed by atoms with Crippen molar-refractivity contribution in [3.63, 3.8) is 0 Å². The summed E-state index contributed by atoms with van der Waals surface area (Å²) in [4.78, 5) is 10.3. The molecule has 1 N–H and O–H groups in total. The summed E-state index contributed by atoms with van der Waals surface area (Å²) in [5, 5.41) is 13.8. The standard InChI is InChI=1S/C8H8N2O2S.K/c11-7(9-10-8(12)13)6-4-2-1-3-5-6;/h1-5H,(H,9,11)(H2,10,12,13);/q;+1/p-1. The first kappa shape index (κ1) is 14.1. The van der Waals surface area contributed by atoms with Gasteiger partial charge in [-0.3, -0.25) is 4.79 Å². The molecule has 0 heterocycles. The van der Waals surface area contributed by atoms with Gasteiger partial charge in [-0.25, -0.2) is 5.43 Å². The van der Waals surface area contributed by atoms with Crippen LogP contribution in [0.3, 0.4) is 0 Å². The molecule has 0 bridgehead atoms. The van der Waals surface area contributed by atoms with Crippen LogP contribution in [-0.4, -0.2) is 11.1 Å². The fourth-order valence-electron chi connectivity index (χ4n) is 0.744. The van der Waals surface area contributed by atoms with Crippen LogP contribution in [0.5, 0.6) is 0 Å². The second-order valence-electron chi connectivity index (χ2n) is 2.20. The van der Waals surface area contributed by atoms with Crippen molar-refractivity contribution in [3.8, 4) is 0 Å². The van der Waals surface area contributed by atoms with Crippen molar-refractivity contribution < 1.29 is 61.3 Å². The van der Waals surface area contributed by atoms with Crippen LogP contribution in [0.15, 0.2) is 35.4 Å². The zero-order chi connectivity index (χ0) is 9.68. The number of rotatable bonds is 2. The zero-order valence-corrected chi connectivity index (χ0v) is 11.6. The van der Waals surface area contributed by atoms with E-state index in [1.54, 1.807) is 30.3 Å². The Kier molecular flexibility index (Phi) is 7.52. The minimum Gasteiger partial charge on any atom is -0.857 e. The molecule has 4 nitrogen and oxygen atoms in total. The second-order valence-corrected chi connectivity index (χ2v) is 2.61. The first-order valence-electron chi connectivity index (χ1n) is 3.49. The number of hydrogen-bond acceptors (Lipinski definition) is 3. The molecule has 68 valence electrons. The second kappa shape index (κ2) is 7.44. The summed E-state index contributed by atoms with van der Waals surface area (Å²) in [5.41, 5.74) is 2.37. The maximum Gasteiger partial charge on any atom is 1.00 e. The van der Waals surface area contributed by atoms with E-state index in [2.05, 4.69) is 17.7 Å². The van der Waals surface area contributed by atoms with Gasteiger partial charge in [-0.15, -0.1) is 0 Å². The molecule has 0 aliphatic heterocycles. The van der Waals surface area contributed by atoms with E-state index in [0.29, 0.717) is 5.56 Å². The molecule has 1 amide bonds. The Morgan fingerprint density at radius 3 is 2.43 bits per heavy atom. The minimum absolute atomic E-state index is 0. The fourth-order valence-corrected chi connectivity index (χ4v) is 0.794. The van der Waals surface area contributed by atoms with Crippen LogP contribution in [0.25, 0.3) is 0 Å². The first-order chi connectivity index (χ1) is 6.20. The molecular formula is C8H7KN2O2S. The van der Waals surface area contributed by atoms with Crippen molar-refractivity contribution in [2.75, 3.05) is 0 Å². The quantitative estimate of drug-likeness (QED) is 0.193. The van der Waals surface area contributed by atoms with Crippen LogP contribution in [-0.2, 0) is 0 Å². The summed E-state index contributed by atoms with van der Waals surface area (Å²) in [6.07, 6.45) is 0. The SMILES string of the molecule is O=C(S)NN=C([O-])c1ccccc1.[K+]. The average molecular weight is 234 g/mol. The van der Waals surface area contributed by atoms with E-state index < -0.39 is 11.1 Å². The van der Waals surface area contributed by atoms with Crippen molar-refractivity contribution in [3.05, 3.63) is 35.9 Å². The molecule has 14 heavy (non-hydrogen) atoms. The maximum atomic E-state index is 11.1. The van der Waals surface area contributed by atoms with Crippen LogP contribution in [0, 0.1) is 0 Å². The monoisotopic (exact) mass is 234 g/mol. The van der Waals surface area contributed by atoms with Gasteiger partial charge < -0.3 is 5.11 Å². The molecule has 0 spiro atoms. The Balaban J connectivity index is 0.00000169. The van der Waals surface area contributed by atoms with Crippen molar-refractivity contribution in [2.24, 2.45) is 5.10 Å². The molecule has 0 fully saturated rings. The summed E-state index contributed by atoms with van der Waals surface area (Å²) in [6, 6.07) is 8.43. The number of benzene rings is 1. The number of hydrazone groups is 1. The van der Waals surface area contributed by atoms with E-state index in [1.807, 2.05) is 5.43 Å². The number of carbonyl (C=O) groups excluding carboxylic acids is 1. The zero-order valence-electron chi connectivity index (χ0n) is 7.60. The normalized spacial score (nSPS) is 10.2. The topological polar surface area (TPSA) is 64.5 Å². The Hall–Kier alpha value is 0.146. The van der Waals surface area contributed by atoms with Crippen LogP contribution in [0.4, 0.5) is 4.79 Å². The fraction of sp³-hybridized carbons (Fsp3) is 0. The molecule has 1 rings (SSSR count). The van der Waals surface area contributed by atoms with Crippen LogP contribution >= 0.6 is 12.6 Å². The van der Waals surface area contributed by atoms with Gasteiger partial charge in [0.1, 0.15) is 0 Å². The number of nitrogens with zero attached hydrogens (tertiary/aromatic N) is 1. The molecule has 0 aliphatic carbocycles. The van der Waals surface area contributed by atoms with E-state index in [4.69, 9.17) is 0 Å².